The molecule has 1 heterocycles. The second-order valence-electron chi connectivity index (χ2n) is 3.33. The van der Waals surface area contributed by atoms with Gasteiger partial charge >= 0.3 is 0 Å². The van der Waals surface area contributed by atoms with E-state index in [1.165, 1.54) is 0 Å². The van der Waals surface area contributed by atoms with Gasteiger partial charge in [-0.1, -0.05) is 0 Å². The molecule has 0 atom stereocenters. The average molecular weight is 295 g/mol. The van der Waals surface area contributed by atoms with Gasteiger partial charge in [-0.25, -0.2) is 4.98 Å². The standard InChI is InChI=1S/C12H11BrN2O2/c1-16-9-2-4-10(5-3-9)17-12-11(14)6-8(13)7-15-12/h2-7H,14H2,1H3. The smallest absolute Gasteiger partial charge is 0.242 e. The van der Waals surface area contributed by atoms with Crippen LogP contribution in [0.2, 0.25) is 0 Å². The molecular weight excluding hydrogens is 284 g/mol. The Labute approximate surface area is 108 Å². The number of methoxy groups -OCH3 is 1. The van der Waals surface area contributed by atoms with Crippen molar-refractivity contribution in [3.05, 3.63) is 41.0 Å². The lowest BCUT2D eigenvalue weighted by molar-refractivity contribution is 0.412. The van der Waals surface area contributed by atoms with Crippen LogP contribution in [-0.2, 0) is 0 Å². The number of anilines is 1. The molecular formula is C12H11BrN2O2. The fraction of sp³-hybridized carbons (Fsp3) is 0.0833. The molecule has 17 heavy (non-hydrogen) atoms. The van der Waals surface area contributed by atoms with E-state index in [4.69, 9.17) is 15.2 Å². The van der Waals surface area contributed by atoms with Crippen molar-refractivity contribution in [2.45, 2.75) is 0 Å². The molecule has 0 fully saturated rings. The second-order valence-corrected chi connectivity index (χ2v) is 4.24. The van der Waals surface area contributed by atoms with Crippen LogP contribution in [0.4, 0.5) is 5.69 Å². The van der Waals surface area contributed by atoms with E-state index in [0.717, 1.165) is 10.2 Å². The molecule has 0 saturated carbocycles. The van der Waals surface area contributed by atoms with Crippen molar-refractivity contribution in [2.24, 2.45) is 0 Å². The molecule has 0 aliphatic heterocycles. The molecule has 0 unspecified atom stereocenters. The summed E-state index contributed by atoms with van der Waals surface area (Å²) in [4.78, 5) is 4.09. The van der Waals surface area contributed by atoms with Gasteiger partial charge < -0.3 is 15.2 Å². The maximum absolute atomic E-state index is 5.78. The van der Waals surface area contributed by atoms with Crippen LogP contribution in [0, 0.1) is 0 Å². The Morgan fingerprint density at radius 3 is 2.41 bits per heavy atom. The van der Waals surface area contributed by atoms with Gasteiger partial charge in [0.25, 0.3) is 0 Å². The summed E-state index contributed by atoms with van der Waals surface area (Å²) < 4.78 is 11.4. The largest absolute Gasteiger partial charge is 0.497 e. The first kappa shape index (κ1) is 11.7. The number of pyridine rings is 1. The number of hydrogen-bond acceptors (Lipinski definition) is 4. The number of aromatic nitrogens is 1. The van der Waals surface area contributed by atoms with Gasteiger partial charge in [-0.05, 0) is 46.3 Å². The summed E-state index contributed by atoms with van der Waals surface area (Å²) in [6, 6.07) is 8.95. The lowest BCUT2D eigenvalue weighted by Gasteiger charge is -2.07. The first-order chi connectivity index (χ1) is 8.19. The summed E-state index contributed by atoms with van der Waals surface area (Å²) in [5.74, 6) is 1.82. The fourth-order valence-electron chi connectivity index (χ4n) is 1.28. The van der Waals surface area contributed by atoms with Crippen molar-refractivity contribution in [3.8, 4) is 17.4 Å². The molecule has 1 aromatic carbocycles. The lowest BCUT2D eigenvalue weighted by Crippen LogP contribution is -1.94. The molecule has 2 aromatic rings. The van der Waals surface area contributed by atoms with Crippen molar-refractivity contribution < 1.29 is 9.47 Å². The highest BCUT2D eigenvalue weighted by Gasteiger charge is 2.04. The van der Waals surface area contributed by atoms with Gasteiger partial charge in [0, 0.05) is 10.7 Å². The maximum Gasteiger partial charge on any atom is 0.242 e. The van der Waals surface area contributed by atoms with Crippen LogP contribution in [0.3, 0.4) is 0 Å². The molecule has 88 valence electrons. The molecule has 0 bridgehead atoms. The molecule has 0 aliphatic rings. The Hall–Kier alpha value is -1.75. The molecule has 2 rings (SSSR count). The number of nitrogens with two attached hydrogens (primary N) is 1. The minimum Gasteiger partial charge on any atom is -0.497 e. The summed E-state index contributed by atoms with van der Waals surface area (Å²) in [5, 5.41) is 0. The minimum atomic E-state index is 0.387. The predicted octanol–water partition coefficient (Wildman–Crippen LogP) is 3.23. The van der Waals surface area contributed by atoms with E-state index in [9.17, 15) is 0 Å². The molecule has 4 nitrogen and oxygen atoms in total. The number of nitrogens with zero attached hydrogens (tertiary/aromatic N) is 1. The Kier molecular flexibility index (Phi) is 3.49. The van der Waals surface area contributed by atoms with Gasteiger partial charge in [-0.15, -0.1) is 0 Å². The molecule has 0 saturated heterocycles. The van der Waals surface area contributed by atoms with E-state index in [0.29, 0.717) is 17.3 Å². The highest BCUT2D eigenvalue weighted by Crippen LogP contribution is 2.28. The Morgan fingerprint density at radius 2 is 1.82 bits per heavy atom. The van der Waals surface area contributed by atoms with E-state index in [1.54, 1.807) is 31.5 Å². The Balaban J connectivity index is 2.19. The third kappa shape index (κ3) is 2.88. The highest BCUT2D eigenvalue weighted by atomic mass is 79.9. The molecule has 0 spiro atoms. The van der Waals surface area contributed by atoms with Gasteiger partial charge in [-0.3, -0.25) is 0 Å². The molecule has 0 aliphatic carbocycles. The molecule has 5 heteroatoms. The van der Waals surface area contributed by atoms with Crippen LogP contribution in [-0.4, -0.2) is 12.1 Å². The summed E-state index contributed by atoms with van der Waals surface area (Å²) in [7, 11) is 1.62. The summed E-state index contributed by atoms with van der Waals surface area (Å²) in [6.45, 7) is 0. The zero-order valence-electron chi connectivity index (χ0n) is 9.18. The van der Waals surface area contributed by atoms with Crippen LogP contribution < -0.4 is 15.2 Å². The fourth-order valence-corrected chi connectivity index (χ4v) is 1.63. The van der Waals surface area contributed by atoms with Crippen LogP contribution in [0.5, 0.6) is 17.4 Å². The van der Waals surface area contributed by atoms with Gasteiger partial charge in [0.15, 0.2) is 0 Å². The summed E-state index contributed by atoms with van der Waals surface area (Å²) in [6.07, 6.45) is 1.63. The third-order valence-corrected chi connectivity index (χ3v) is 2.55. The number of halogens is 1. The van der Waals surface area contributed by atoms with Gasteiger partial charge in [0.2, 0.25) is 5.88 Å². The average Bonchev–Trinajstić information content (AvgIpc) is 2.34. The molecule has 2 N–H and O–H groups in total. The number of nitrogen functional groups attached to an aromatic ring is 1. The molecule has 1 aromatic heterocycles. The van der Waals surface area contributed by atoms with Crippen LogP contribution in [0.15, 0.2) is 41.0 Å². The van der Waals surface area contributed by atoms with Crippen LogP contribution >= 0.6 is 15.9 Å². The summed E-state index contributed by atoms with van der Waals surface area (Å²) >= 11 is 3.29. The maximum atomic E-state index is 5.78. The second kappa shape index (κ2) is 5.05. The zero-order chi connectivity index (χ0) is 12.3. The summed E-state index contributed by atoms with van der Waals surface area (Å²) in [5.41, 5.74) is 6.26. The van der Waals surface area contributed by atoms with Crippen LogP contribution in [0.25, 0.3) is 0 Å². The van der Waals surface area contributed by atoms with E-state index in [-0.39, 0.29) is 0 Å². The lowest BCUT2D eigenvalue weighted by atomic mass is 10.3. The van der Waals surface area contributed by atoms with Crippen molar-refractivity contribution in [1.29, 1.82) is 0 Å². The van der Waals surface area contributed by atoms with E-state index >= 15 is 0 Å². The normalized spacial score (nSPS) is 10.0. The Bertz CT molecular complexity index is 514. The highest BCUT2D eigenvalue weighted by molar-refractivity contribution is 9.10. The number of hydrogen-bond donors (Lipinski definition) is 1. The number of rotatable bonds is 3. The van der Waals surface area contributed by atoms with Gasteiger partial charge in [-0.2, -0.15) is 0 Å². The predicted molar refractivity (Wildman–Crippen MR) is 69.4 cm³/mol. The van der Waals surface area contributed by atoms with E-state index in [2.05, 4.69) is 20.9 Å². The van der Waals surface area contributed by atoms with Crippen molar-refractivity contribution >= 4 is 21.6 Å². The van der Waals surface area contributed by atoms with Crippen molar-refractivity contribution in [1.82, 2.24) is 4.98 Å². The molecule has 0 radical (unpaired) electrons. The first-order valence-corrected chi connectivity index (χ1v) is 5.71. The quantitative estimate of drug-likeness (QED) is 0.944. The van der Waals surface area contributed by atoms with Crippen molar-refractivity contribution in [3.63, 3.8) is 0 Å². The Morgan fingerprint density at radius 1 is 1.18 bits per heavy atom. The number of benzene rings is 1. The zero-order valence-corrected chi connectivity index (χ0v) is 10.8. The van der Waals surface area contributed by atoms with E-state index < -0.39 is 0 Å². The van der Waals surface area contributed by atoms with E-state index in [1.807, 2.05) is 12.1 Å². The van der Waals surface area contributed by atoms with Crippen molar-refractivity contribution in [2.75, 3.05) is 12.8 Å². The monoisotopic (exact) mass is 294 g/mol. The first-order valence-electron chi connectivity index (χ1n) is 4.92. The van der Waals surface area contributed by atoms with Gasteiger partial charge in [0.05, 0.1) is 12.8 Å². The minimum absolute atomic E-state index is 0.387. The molecule has 0 amide bonds. The van der Waals surface area contributed by atoms with Crippen LogP contribution in [0.1, 0.15) is 0 Å². The topological polar surface area (TPSA) is 57.4 Å². The third-order valence-electron chi connectivity index (χ3n) is 2.12. The number of ether oxygens (including phenoxy) is 2. The SMILES string of the molecule is COc1ccc(Oc2ncc(Br)cc2N)cc1. The van der Waals surface area contributed by atoms with Gasteiger partial charge in [0.1, 0.15) is 11.5 Å².